The minimum Gasteiger partial charge on any atom is -0.323 e. The molecule has 1 saturated heterocycles. The molecule has 1 amide bonds. The lowest BCUT2D eigenvalue weighted by molar-refractivity contribution is -0.111. The fraction of sp³-hybridized carbons (Fsp3) is 0.115. The topological polar surface area (TPSA) is 97.2 Å². The number of benzene rings is 2. The number of nitrogens with one attached hydrogen (secondary N) is 1. The second-order valence-electron chi connectivity index (χ2n) is 8.07. The minimum absolute atomic E-state index is 0.165. The highest BCUT2D eigenvalue weighted by atomic mass is 32.2. The van der Waals surface area contributed by atoms with Crippen LogP contribution in [-0.4, -0.2) is 41.4 Å². The number of aromatic nitrogens is 3. The Morgan fingerprint density at radius 3 is 2.46 bits per heavy atom. The van der Waals surface area contributed by atoms with E-state index in [9.17, 15) is 13.2 Å². The number of para-hydroxylation sites is 1. The lowest BCUT2D eigenvalue weighted by Gasteiger charge is -2.17. The summed E-state index contributed by atoms with van der Waals surface area (Å²) in [5.74, 6) is -0.144. The van der Waals surface area contributed by atoms with Crippen molar-refractivity contribution in [3.05, 3.63) is 97.0 Å². The first-order chi connectivity index (χ1) is 17.0. The van der Waals surface area contributed by atoms with Gasteiger partial charge in [-0.05, 0) is 61.0 Å². The van der Waals surface area contributed by atoms with Crippen molar-refractivity contribution in [2.45, 2.75) is 6.42 Å². The van der Waals surface area contributed by atoms with Crippen LogP contribution in [0.1, 0.15) is 12.0 Å². The van der Waals surface area contributed by atoms with Gasteiger partial charge in [0.15, 0.2) is 0 Å². The molecule has 35 heavy (non-hydrogen) atoms. The summed E-state index contributed by atoms with van der Waals surface area (Å²) >= 11 is 0. The van der Waals surface area contributed by atoms with Crippen molar-refractivity contribution in [1.82, 2.24) is 14.8 Å². The Labute approximate surface area is 203 Å². The zero-order chi connectivity index (χ0) is 24.3. The number of sulfonamides is 1. The highest BCUT2D eigenvalue weighted by Crippen LogP contribution is 2.26. The summed E-state index contributed by atoms with van der Waals surface area (Å²) in [5.41, 5.74) is 4.41. The number of carbonyl (C=O) groups is 1. The molecular formula is C26H23N5O3S. The number of pyridine rings is 1. The van der Waals surface area contributed by atoms with Crippen molar-refractivity contribution in [2.75, 3.05) is 21.9 Å². The first kappa shape index (κ1) is 22.5. The van der Waals surface area contributed by atoms with E-state index in [0.717, 1.165) is 16.8 Å². The summed E-state index contributed by atoms with van der Waals surface area (Å²) in [4.78, 5) is 16.8. The van der Waals surface area contributed by atoms with Gasteiger partial charge in [0, 0.05) is 48.0 Å². The molecule has 1 fully saturated rings. The predicted molar refractivity (Wildman–Crippen MR) is 137 cm³/mol. The van der Waals surface area contributed by atoms with E-state index in [1.54, 1.807) is 47.4 Å². The molecule has 2 aromatic carbocycles. The summed E-state index contributed by atoms with van der Waals surface area (Å²) < 4.78 is 27.4. The van der Waals surface area contributed by atoms with Crippen LogP contribution in [-0.2, 0) is 14.8 Å². The van der Waals surface area contributed by atoms with Crippen molar-refractivity contribution in [3.8, 4) is 16.9 Å². The molecule has 0 spiro atoms. The number of nitrogens with zero attached hydrogens (tertiary/aromatic N) is 4. The zero-order valence-corrected chi connectivity index (χ0v) is 19.6. The Morgan fingerprint density at radius 1 is 0.971 bits per heavy atom. The van der Waals surface area contributed by atoms with Gasteiger partial charge < -0.3 is 5.32 Å². The van der Waals surface area contributed by atoms with E-state index >= 15 is 0 Å². The monoisotopic (exact) mass is 485 g/mol. The van der Waals surface area contributed by atoms with Crippen molar-refractivity contribution >= 4 is 33.4 Å². The number of amides is 1. The van der Waals surface area contributed by atoms with Gasteiger partial charge in [0.1, 0.15) is 5.69 Å². The molecule has 5 rings (SSSR count). The van der Waals surface area contributed by atoms with E-state index in [4.69, 9.17) is 5.10 Å². The second kappa shape index (κ2) is 9.55. The molecule has 176 valence electrons. The van der Waals surface area contributed by atoms with E-state index in [1.165, 1.54) is 10.4 Å². The van der Waals surface area contributed by atoms with Gasteiger partial charge in [-0.25, -0.2) is 13.1 Å². The van der Waals surface area contributed by atoms with Crippen molar-refractivity contribution in [1.29, 1.82) is 0 Å². The third-order valence-electron chi connectivity index (χ3n) is 5.63. The van der Waals surface area contributed by atoms with Crippen molar-refractivity contribution in [3.63, 3.8) is 0 Å². The molecule has 1 aliphatic heterocycles. The molecule has 9 heteroatoms. The van der Waals surface area contributed by atoms with Crippen LogP contribution in [0, 0.1) is 0 Å². The number of rotatable bonds is 6. The van der Waals surface area contributed by atoms with Gasteiger partial charge in [0.25, 0.3) is 0 Å². The number of anilines is 2. The Hall–Kier alpha value is -4.24. The molecule has 3 heterocycles. The number of carbonyl (C=O) groups excluding carboxylic acids is 1. The van der Waals surface area contributed by atoms with Crippen molar-refractivity contribution < 1.29 is 13.2 Å². The van der Waals surface area contributed by atoms with Gasteiger partial charge >= 0.3 is 0 Å². The molecule has 0 atom stereocenters. The molecule has 0 radical (unpaired) electrons. The summed E-state index contributed by atoms with van der Waals surface area (Å²) in [6.45, 7) is 0.479. The number of hydrogen-bond acceptors (Lipinski definition) is 5. The van der Waals surface area contributed by atoms with E-state index in [2.05, 4.69) is 10.3 Å². The van der Waals surface area contributed by atoms with Crippen molar-refractivity contribution in [2.24, 2.45) is 0 Å². The lowest BCUT2D eigenvalue weighted by Crippen LogP contribution is -2.24. The third-order valence-corrected chi connectivity index (χ3v) is 7.50. The van der Waals surface area contributed by atoms with Gasteiger partial charge in [0.2, 0.25) is 15.9 Å². The average Bonchev–Trinajstić information content (AvgIpc) is 3.47. The molecule has 4 aromatic rings. The van der Waals surface area contributed by atoms with E-state index in [0.29, 0.717) is 30.0 Å². The molecule has 1 aliphatic rings. The van der Waals surface area contributed by atoms with Gasteiger partial charge in [0.05, 0.1) is 17.1 Å². The van der Waals surface area contributed by atoms with E-state index < -0.39 is 10.0 Å². The van der Waals surface area contributed by atoms with Gasteiger partial charge in [-0.3, -0.25) is 14.1 Å². The molecule has 0 unspecified atom stereocenters. The molecular weight excluding hydrogens is 462 g/mol. The molecule has 8 nitrogen and oxygen atoms in total. The lowest BCUT2D eigenvalue weighted by atomic mass is 10.1. The Kier molecular flexibility index (Phi) is 6.15. The van der Waals surface area contributed by atoms with Crippen LogP contribution in [0.2, 0.25) is 0 Å². The molecule has 0 bridgehead atoms. The fourth-order valence-corrected chi connectivity index (χ4v) is 5.50. The predicted octanol–water partition coefficient (Wildman–Crippen LogP) is 4.13. The van der Waals surface area contributed by atoms with Crippen LogP contribution in [0.15, 0.2) is 91.4 Å². The highest BCUT2D eigenvalue weighted by Gasteiger charge is 2.28. The van der Waals surface area contributed by atoms with Crippen LogP contribution in [0.4, 0.5) is 11.4 Å². The van der Waals surface area contributed by atoms with Crippen LogP contribution in [0.3, 0.4) is 0 Å². The number of hydrogen-bond donors (Lipinski definition) is 1. The molecule has 0 aliphatic carbocycles. The third kappa shape index (κ3) is 4.99. The van der Waals surface area contributed by atoms with Gasteiger partial charge in [-0.2, -0.15) is 5.10 Å². The van der Waals surface area contributed by atoms with Crippen LogP contribution in [0.25, 0.3) is 23.0 Å². The van der Waals surface area contributed by atoms with Gasteiger partial charge in [-0.15, -0.1) is 0 Å². The average molecular weight is 486 g/mol. The largest absolute Gasteiger partial charge is 0.323 e. The fourth-order valence-electron chi connectivity index (χ4n) is 3.94. The van der Waals surface area contributed by atoms with E-state index in [1.807, 2.05) is 48.7 Å². The Morgan fingerprint density at radius 2 is 1.77 bits per heavy atom. The normalized spacial score (nSPS) is 14.9. The summed E-state index contributed by atoms with van der Waals surface area (Å²) in [7, 11) is -3.24. The first-order valence-electron chi connectivity index (χ1n) is 11.1. The Bertz CT molecular complexity index is 1460. The smallest absolute Gasteiger partial charge is 0.248 e. The summed E-state index contributed by atoms with van der Waals surface area (Å²) in [6.07, 6.45) is 9.09. The molecule has 0 saturated carbocycles. The standard InChI is InChI=1S/C26H23N5O3S/c32-25(28-22-10-12-24(13-11-22)31-16-5-17-35(31,33)34)14-9-21-19-30(23-7-2-1-3-8-23)29-26(21)20-6-4-15-27-18-20/h1-4,6-15,18-19H,5,16-17H2,(H,28,32)/b14-9+. The highest BCUT2D eigenvalue weighted by molar-refractivity contribution is 7.93. The molecule has 2 aromatic heterocycles. The van der Waals surface area contributed by atoms with Gasteiger partial charge in [-0.1, -0.05) is 18.2 Å². The quantitative estimate of drug-likeness (QED) is 0.414. The molecule has 1 N–H and O–H groups in total. The maximum absolute atomic E-state index is 12.6. The second-order valence-corrected chi connectivity index (χ2v) is 10.1. The SMILES string of the molecule is O=C(/C=C/c1cn(-c2ccccc2)nc1-c1cccnc1)Nc1ccc(N2CCCS2(=O)=O)cc1. The van der Waals surface area contributed by atoms with E-state index in [-0.39, 0.29) is 11.7 Å². The minimum atomic E-state index is -3.24. The summed E-state index contributed by atoms with van der Waals surface area (Å²) in [5, 5.41) is 7.53. The maximum Gasteiger partial charge on any atom is 0.248 e. The first-order valence-corrected chi connectivity index (χ1v) is 12.8. The zero-order valence-electron chi connectivity index (χ0n) is 18.8. The van der Waals surface area contributed by atoms with Crippen LogP contribution >= 0.6 is 0 Å². The van der Waals surface area contributed by atoms with Crippen LogP contribution < -0.4 is 9.62 Å². The van der Waals surface area contributed by atoms with Crippen LogP contribution in [0.5, 0.6) is 0 Å². The maximum atomic E-state index is 12.6. The summed E-state index contributed by atoms with van der Waals surface area (Å²) in [6, 6.07) is 20.3. The Balaban J connectivity index is 1.34.